The molecule has 0 spiro atoms. The average molecular weight is 136 g/mol. The summed E-state index contributed by atoms with van der Waals surface area (Å²) in [6, 6.07) is 0. The van der Waals surface area contributed by atoms with Crippen LogP contribution in [0.5, 0.6) is 0 Å². The van der Waals surface area contributed by atoms with E-state index in [0.29, 0.717) is 6.73 Å². The summed E-state index contributed by atoms with van der Waals surface area (Å²) in [6.07, 6.45) is 7.32. The van der Waals surface area contributed by atoms with E-state index in [4.69, 9.17) is 4.74 Å². The normalized spacial score (nSPS) is 21.6. The highest BCUT2D eigenvalue weighted by molar-refractivity contribution is 5.62. The second-order valence-corrected chi connectivity index (χ2v) is 2.21. The van der Waals surface area contributed by atoms with Crippen LogP contribution >= 0.6 is 0 Å². The first-order chi connectivity index (χ1) is 4.97. The van der Waals surface area contributed by atoms with Crippen molar-refractivity contribution in [2.45, 2.75) is 0 Å². The number of rotatable bonds is 0. The molecule has 0 atom stereocenters. The van der Waals surface area contributed by atoms with E-state index in [0.717, 1.165) is 12.2 Å². The zero-order chi connectivity index (χ0) is 6.81. The molecule has 2 rings (SSSR count). The summed E-state index contributed by atoms with van der Waals surface area (Å²) >= 11 is 0. The van der Waals surface area contributed by atoms with Crippen molar-refractivity contribution in [3.63, 3.8) is 0 Å². The molecule has 0 radical (unpaired) electrons. The van der Waals surface area contributed by atoms with Crippen LogP contribution in [-0.2, 0) is 4.74 Å². The Hall–Kier alpha value is -1.25. The van der Waals surface area contributed by atoms with Crippen molar-refractivity contribution < 1.29 is 4.74 Å². The van der Waals surface area contributed by atoms with Crippen LogP contribution in [0.15, 0.2) is 29.2 Å². The van der Waals surface area contributed by atoms with Crippen molar-refractivity contribution in [2.75, 3.05) is 13.3 Å². The van der Waals surface area contributed by atoms with Crippen LogP contribution < -0.4 is 0 Å². The first-order valence-corrected chi connectivity index (χ1v) is 3.22. The predicted octanol–water partition coefficient (Wildman–Crippen LogP) is 0.716. The van der Waals surface area contributed by atoms with Crippen molar-refractivity contribution in [1.82, 2.24) is 4.90 Å². The van der Waals surface area contributed by atoms with Gasteiger partial charge in [-0.15, -0.1) is 0 Å². The number of aliphatic imine (C=N–C) groups is 1. The van der Waals surface area contributed by atoms with Crippen LogP contribution in [0.25, 0.3) is 0 Å². The Morgan fingerprint density at radius 2 is 2.60 bits per heavy atom. The van der Waals surface area contributed by atoms with Crippen molar-refractivity contribution in [3.05, 3.63) is 24.2 Å². The van der Waals surface area contributed by atoms with E-state index >= 15 is 0 Å². The third kappa shape index (κ3) is 0.795. The van der Waals surface area contributed by atoms with Gasteiger partial charge in [-0.3, -0.25) is 4.99 Å². The van der Waals surface area contributed by atoms with Crippen LogP contribution in [-0.4, -0.2) is 24.4 Å². The lowest BCUT2D eigenvalue weighted by atomic mass is 10.3. The lowest BCUT2D eigenvalue weighted by molar-refractivity contribution is 0.119. The highest BCUT2D eigenvalue weighted by Gasteiger charge is 2.11. The van der Waals surface area contributed by atoms with E-state index in [1.54, 1.807) is 6.26 Å². The van der Waals surface area contributed by atoms with Gasteiger partial charge in [0.15, 0.2) is 6.73 Å². The van der Waals surface area contributed by atoms with E-state index in [-0.39, 0.29) is 0 Å². The molecule has 3 heteroatoms. The van der Waals surface area contributed by atoms with E-state index in [1.165, 1.54) is 0 Å². The minimum absolute atomic E-state index is 0.647. The summed E-state index contributed by atoms with van der Waals surface area (Å²) in [5, 5.41) is 0. The summed E-state index contributed by atoms with van der Waals surface area (Å²) in [5.74, 6) is 0. The summed E-state index contributed by atoms with van der Waals surface area (Å²) in [5.41, 5.74) is 1.13. The smallest absolute Gasteiger partial charge is 0.160 e. The summed E-state index contributed by atoms with van der Waals surface area (Å²) in [7, 11) is 0. The van der Waals surface area contributed by atoms with E-state index in [2.05, 4.69) is 9.89 Å². The Morgan fingerprint density at radius 3 is 3.50 bits per heavy atom. The van der Waals surface area contributed by atoms with Gasteiger partial charge in [0.25, 0.3) is 0 Å². The molecular weight excluding hydrogens is 128 g/mol. The van der Waals surface area contributed by atoms with Crippen LogP contribution in [0.4, 0.5) is 0 Å². The van der Waals surface area contributed by atoms with Gasteiger partial charge >= 0.3 is 0 Å². The molecular formula is C7H8N2O. The molecule has 0 fully saturated rings. The molecule has 2 heterocycles. The molecule has 0 amide bonds. The summed E-state index contributed by atoms with van der Waals surface area (Å²) < 4.78 is 5.08. The van der Waals surface area contributed by atoms with Gasteiger partial charge in [-0.1, -0.05) is 0 Å². The minimum Gasteiger partial charge on any atom is -0.481 e. The van der Waals surface area contributed by atoms with Crippen LogP contribution in [0.3, 0.4) is 0 Å². The Labute approximate surface area is 59.3 Å². The van der Waals surface area contributed by atoms with Gasteiger partial charge in [-0.05, 0) is 6.08 Å². The molecule has 0 aromatic carbocycles. The first kappa shape index (κ1) is 5.53. The van der Waals surface area contributed by atoms with Crippen molar-refractivity contribution in [1.29, 1.82) is 0 Å². The molecule has 0 aromatic heterocycles. The maximum atomic E-state index is 5.08. The third-order valence-corrected chi connectivity index (χ3v) is 1.54. The number of nitrogens with zero attached hydrogens (tertiary/aromatic N) is 2. The molecule has 10 heavy (non-hydrogen) atoms. The van der Waals surface area contributed by atoms with E-state index in [9.17, 15) is 0 Å². The lowest BCUT2D eigenvalue weighted by Crippen LogP contribution is -2.30. The second-order valence-electron chi connectivity index (χ2n) is 2.21. The molecule has 0 aliphatic carbocycles. The maximum absolute atomic E-state index is 5.08. The average Bonchev–Trinajstić information content (AvgIpc) is 2.05. The molecule has 2 aliphatic rings. The Bertz CT molecular complexity index is 218. The standard InChI is InChI=1S/C7H8N2O/c1-4-10-6-9-3-2-8-5-7(1)9/h1-2,4-5H,3,6H2. The summed E-state index contributed by atoms with van der Waals surface area (Å²) in [4.78, 5) is 6.13. The highest BCUT2D eigenvalue weighted by atomic mass is 16.5. The number of hydrogen-bond acceptors (Lipinski definition) is 3. The molecule has 52 valence electrons. The SMILES string of the molecule is C1=CC2=CN=CCN2CO1. The van der Waals surface area contributed by atoms with E-state index in [1.807, 2.05) is 18.5 Å². The van der Waals surface area contributed by atoms with Crippen molar-refractivity contribution in [3.8, 4) is 0 Å². The fourth-order valence-corrected chi connectivity index (χ4v) is 0.988. The van der Waals surface area contributed by atoms with Crippen molar-refractivity contribution >= 4 is 6.21 Å². The topological polar surface area (TPSA) is 24.8 Å². The summed E-state index contributed by atoms with van der Waals surface area (Å²) in [6.45, 7) is 1.50. The fraction of sp³-hybridized carbons (Fsp3) is 0.286. The van der Waals surface area contributed by atoms with Gasteiger partial charge in [0.1, 0.15) is 0 Å². The lowest BCUT2D eigenvalue weighted by Gasteiger charge is -2.27. The molecule has 3 nitrogen and oxygen atoms in total. The molecule has 0 saturated heterocycles. The van der Waals surface area contributed by atoms with Gasteiger partial charge in [0, 0.05) is 6.21 Å². The number of hydrogen-bond donors (Lipinski definition) is 0. The fourth-order valence-electron chi connectivity index (χ4n) is 0.988. The molecule has 0 saturated carbocycles. The second kappa shape index (κ2) is 2.17. The Kier molecular flexibility index (Phi) is 1.20. The van der Waals surface area contributed by atoms with Gasteiger partial charge in [-0.25, -0.2) is 0 Å². The molecule has 0 bridgehead atoms. The maximum Gasteiger partial charge on any atom is 0.160 e. The van der Waals surface area contributed by atoms with Crippen LogP contribution in [0, 0.1) is 0 Å². The van der Waals surface area contributed by atoms with Crippen molar-refractivity contribution in [2.24, 2.45) is 4.99 Å². The zero-order valence-corrected chi connectivity index (χ0v) is 5.53. The van der Waals surface area contributed by atoms with Crippen LogP contribution in [0.1, 0.15) is 0 Å². The molecule has 0 aromatic rings. The number of ether oxygens (including phenoxy) is 1. The minimum atomic E-state index is 0.647. The van der Waals surface area contributed by atoms with Gasteiger partial charge in [-0.2, -0.15) is 0 Å². The quantitative estimate of drug-likeness (QED) is 0.490. The first-order valence-electron chi connectivity index (χ1n) is 3.22. The Balaban J connectivity index is 2.27. The predicted molar refractivity (Wildman–Crippen MR) is 38.4 cm³/mol. The number of fused-ring (bicyclic) bond motifs is 1. The zero-order valence-electron chi connectivity index (χ0n) is 5.53. The molecule has 0 unspecified atom stereocenters. The van der Waals surface area contributed by atoms with E-state index < -0.39 is 0 Å². The van der Waals surface area contributed by atoms with Gasteiger partial charge in [0.2, 0.25) is 0 Å². The van der Waals surface area contributed by atoms with Crippen LogP contribution in [0.2, 0.25) is 0 Å². The monoisotopic (exact) mass is 136 g/mol. The number of allylic oxidation sites excluding steroid dienone is 1. The third-order valence-electron chi connectivity index (χ3n) is 1.54. The van der Waals surface area contributed by atoms with Gasteiger partial charge < -0.3 is 9.64 Å². The largest absolute Gasteiger partial charge is 0.481 e. The molecule has 0 N–H and O–H groups in total. The Morgan fingerprint density at radius 1 is 1.60 bits per heavy atom. The van der Waals surface area contributed by atoms with Gasteiger partial charge in [0.05, 0.1) is 24.7 Å². The molecule has 2 aliphatic heterocycles. The highest BCUT2D eigenvalue weighted by Crippen LogP contribution is 2.12.